The minimum Gasteiger partial charge on any atom is -0.497 e. The summed E-state index contributed by atoms with van der Waals surface area (Å²) < 4.78 is 5.20. The van der Waals surface area contributed by atoms with Crippen LogP contribution in [0.1, 0.15) is 37.2 Å². The van der Waals surface area contributed by atoms with E-state index in [9.17, 15) is 9.59 Å². The first kappa shape index (κ1) is 27.5. The molecule has 1 heterocycles. The number of aromatic nitrogens is 2. The molecule has 1 aromatic heterocycles. The number of halogens is 1. The van der Waals surface area contributed by atoms with Crippen molar-refractivity contribution in [2.45, 2.75) is 51.4 Å². The van der Waals surface area contributed by atoms with Crippen molar-refractivity contribution in [3.05, 3.63) is 76.6 Å². The van der Waals surface area contributed by atoms with Gasteiger partial charge in [-0.3, -0.25) is 9.59 Å². The summed E-state index contributed by atoms with van der Waals surface area (Å²) in [6, 6.07) is 16.2. The zero-order chi connectivity index (χ0) is 26.3. The third-order valence-electron chi connectivity index (χ3n) is 5.96. The Morgan fingerprint density at radius 1 is 1.06 bits per heavy atom. The van der Waals surface area contributed by atoms with Gasteiger partial charge in [-0.1, -0.05) is 42.4 Å². The third kappa shape index (κ3) is 6.98. The molecule has 2 aromatic carbocycles. The molecule has 0 saturated heterocycles. The first-order chi connectivity index (χ1) is 17.1. The molecule has 0 aliphatic carbocycles. The number of rotatable bonds is 10. The lowest BCUT2D eigenvalue weighted by atomic mass is 9.93. The zero-order valence-electron chi connectivity index (χ0n) is 21.2. The quantitative estimate of drug-likeness (QED) is 0.270. The first-order valence-corrected chi connectivity index (χ1v) is 13.0. The molecule has 0 saturated carbocycles. The van der Waals surface area contributed by atoms with Crippen LogP contribution >= 0.6 is 23.4 Å². The largest absolute Gasteiger partial charge is 0.497 e. The van der Waals surface area contributed by atoms with E-state index in [0.29, 0.717) is 28.0 Å². The highest BCUT2D eigenvalue weighted by atomic mass is 35.5. The van der Waals surface area contributed by atoms with Crippen LogP contribution in [0.2, 0.25) is 5.02 Å². The van der Waals surface area contributed by atoms with Crippen LogP contribution in [0.4, 0.5) is 5.69 Å². The summed E-state index contributed by atoms with van der Waals surface area (Å²) in [5, 5.41) is 4.10. The number of amides is 2. The summed E-state index contributed by atoms with van der Waals surface area (Å²) in [6.07, 6.45) is 0.416. The normalized spacial score (nSPS) is 12.5. The molecule has 1 N–H and O–H groups in total. The number of methoxy groups -OCH3 is 1. The van der Waals surface area contributed by atoms with Crippen molar-refractivity contribution < 1.29 is 14.3 Å². The van der Waals surface area contributed by atoms with Gasteiger partial charge in [-0.2, -0.15) is 0 Å². The molecule has 0 fully saturated rings. The lowest BCUT2D eigenvalue weighted by Gasteiger charge is -2.39. The molecule has 3 aromatic rings. The Bertz CT molecular complexity index is 1180. The predicted octanol–water partition coefficient (Wildman–Crippen LogP) is 5.68. The van der Waals surface area contributed by atoms with Crippen LogP contribution in [0.3, 0.4) is 0 Å². The van der Waals surface area contributed by atoms with Gasteiger partial charge in [0.25, 0.3) is 0 Å². The second-order valence-corrected chi connectivity index (χ2v) is 10.0. The average molecular weight is 527 g/mol. The van der Waals surface area contributed by atoms with Crippen molar-refractivity contribution >= 4 is 40.9 Å². The van der Waals surface area contributed by atoms with Gasteiger partial charge in [0.2, 0.25) is 11.8 Å². The summed E-state index contributed by atoms with van der Waals surface area (Å²) in [4.78, 5) is 37.7. The van der Waals surface area contributed by atoms with Crippen molar-refractivity contribution in [1.29, 1.82) is 0 Å². The van der Waals surface area contributed by atoms with Crippen molar-refractivity contribution in [1.82, 2.24) is 14.9 Å². The Labute approximate surface area is 221 Å². The molecule has 0 spiro atoms. The maximum absolute atomic E-state index is 13.6. The highest BCUT2D eigenvalue weighted by Crippen LogP contribution is 2.28. The Kier molecular flexibility index (Phi) is 9.34. The van der Waals surface area contributed by atoms with Crippen LogP contribution in [0.25, 0.3) is 0 Å². The second-order valence-electron chi connectivity index (χ2n) is 8.64. The molecule has 190 valence electrons. The zero-order valence-corrected chi connectivity index (χ0v) is 22.7. The van der Waals surface area contributed by atoms with Crippen LogP contribution in [0.5, 0.6) is 5.75 Å². The molecular formula is C27H31ClN4O3S. The molecule has 1 atom stereocenters. The van der Waals surface area contributed by atoms with E-state index < -0.39 is 5.54 Å². The Balaban J connectivity index is 1.87. The number of hydrogen-bond donors (Lipinski definition) is 1. The fraction of sp³-hybridized carbons (Fsp3) is 0.333. The SMILES string of the molecule is CCC(C)(C(=O)Nc1ccc(OC)cc1)N(Cc1ccc(Cl)cc1)C(=O)CSc1nc(C)cc(C)n1. The minimum atomic E-state index is -1.11. The van der Waals surface area contributed by atoms with E-state index in [4.69, 9.17) is 16.3 Å². The monoisotopic (exact) mass is 526 g/mol. The number of anilines is 1. The number of ether oxygens (including phenoxy) is 1. The summed E-state index contributed by atoms with van der Waals surface area (Å²) in [5.74, 6) is 0.329. The second kappa shape index (κ2) is 12.2. The molecule has 2 amide bonds. The van der Waals surface area contributed by atoms with Gasteiger partial charge in [0.05, 0.1) is 12.9 Å². The Hall–Kier alpha value is -3.10. The smallest absolute Gasteiger partial charge is 0.250 e. The Morgan fingerprint density at radius 2 is 1.67 bits per heavy atom. The molecule has 3 rings (SSSR count). The van der Waals surface area contributed by atoms with Crippen LogP contribution < -0.4 is 10.1 Å². The maximum Gasteiger partial charge on any atom is 0.250 e. The standard InChI is InChI=1S/C27H31ClN4O3S/c1-6-27(4,25(34)31-22-11-13-23(35-5)14-12-22)32(16-20-7-9-21(28)10-8-20)24(33)17-36-26-29-18(2)15-19(3)30-26/h7-15H,6,16-17H2,1-5H3,(H,31,34). The van der Waals surface area contributed by atoms with Gasteiger partial charge in [-0.15, -0.1) is 0 Å². The minimum absolute atomic E-state index is 0.0991. The van der Waals surface area contributed by atoms with Crippen molar-refractivity contribution in [2.75, 3.05) is 18.2 Å². The van der Waals surface area contributed by atoms with Gasteiger partial charge < -0.3 is 15.0 Å². The number of nitrogens with zero attached hydrogens (tertiary/aromatic N) is 3. The van der Waals surface area contributed by atoms with Gasteiger partial charge in [-0.05, 0) is 75.2 Å². The molecule has 7 nitrogen and oxygen atoms in total. The van der Waals surface area contributed by atoms with Crippen LogP contribution in [-0.2, 0) is 16.1 Å². The predicted molar refractivity (Wildman–Crippen MR) is 145 cm³/mol. The van der Waals surface area contributed by atoms with E-state index in [-0.39, 0.29) is 24.1 Å². The number of hydrogen-bond acceptors (Lipinski definition) is 6. The first-order valence-electron chi connectivity index (χ1n) is 11.6. The highest BCUT2D eigenvalue weighted by Gasteiger charge is 2.40. The molecule has 9 heteroatoms. The number of aryl methyl sites for hydroxylation is 2. The van der Waals surface area contributed by atoms with Gasteiger partial charge in [0.1, 0.15) is 11.3 Å². The number of carbonyl (C=O) groups is 2. The molecule has 1 unspecified atom stereocenters. The van der Waals surface area contributed by atoms with E-state index in [1.54, 1.807) is 55.3 Å². The summed E-state index contributed by atoms with van der Waals surface area (Å²) in [7, 11) is 1.59. The molecule has 0 aliphatic heterocycles. The number of benzene rings is 2. The molecule has 0 radical (unpaired) electrons. The Morgan fingerprint density at radius 3 is 2.22 bits per heavy atom. The maximum atomic E-state index is 13.6. The molecular weight excluding hydrogens is 496 g/mol. The number of nitrogens with one attached hydrogen (secondary N) is 1. The van der Waals surface area contributed by atoms with Crippen LogP contribution in [-0.4, -0.2) is 45.1 Å². The number of thioether (sulfide) groups is 1. The van der Waals surface area contributed by atoms with E-state index in [2.05, 4.69) is 15.3 Å². The van der Waals surface area contributed by atoms with Crippen molar-refractivity contribution in [2.24, 2.45) is 0 Å². The van der Waals surface area contributed by atoms with E-state index >= 15 is 0 Å². The fourth-order valence-corrected chi connectivity index (χ4v) is 4.64. The van der Waals surface area contributed by atoms with Crippen LogP contribution in [0.15, 0.2) is 59.8 Å². The molecule has 0 bridgehead atoms. The topological polar surface area (TPSA) is 84.4 Å². The molecule has 36 heavy (non-hydrogen) atoms. The summed E-state index contributed by atoms with van der Waals surface area (Å²) >= 11 is 7.33. The third-order valence-corrected chi connectivity index (χ3v) is 7.05. The van der Waals surface area contributed by atoms with E-state index in [0.717, 1.165) is 17.0 Å². The highest BCUT2D eigenvalue weighted by molar-refractivity contribution is 7.99. The number of carbonyl (C=O) groups excluding carboxylic acids is 2. The lowest BCUT2D eigenvalue weighted by molar-refractivity contribution is -0.143. The van der Waals surface area contributed by atoms with Gasteiger partial charge in [-0.25, -0.2) is 9.97 Å². The molecule has 0 aliphatic rings. The van der Waals surface area contributed by atoms with Gasteiger partial charge in [0.15, 0.2) is 5.16 Å². The average Bonchev–Trinajstić information content (AvgIpc) is 2.86. The van der Waals surface area contributed by atoms with E-state index in [1.807, 2.05) is 39.0 Å². The van der Waals surface area contributed by atoms with E-state index in [1.165, 1.54) is 11.8 Å². The van der Waals surface area contributed by atoms with Crippen molar-refractivity contribution in [3.63, 3.8) is 0 Å². The van der Waals surface area contributed by atoms with Crippen molar-refractivity contribution in [3.8, 4) is 5.75 Å². The lowest BCUT2D eigenvalue weighted by Crippen LogP contribution is -2.57. The summed E-state index contributed by atoms with van der Waals surface area (Å²) in [5.41, 5.74) is 2.07. The fourth-order valence-electron chi connectivity index (χ4n) is 3.69. The van der Waals surface area contributed by atoms with Crippen LogP contribution in [0, 0.1) is 13.8 Å². The van der Waals surface area contributed by atoms with Gasteiger partial charge >= 0.3 is 0 Å². The summed E-state index contributed by atoms with van der Waals surface area (Å²) in [6.45, 7) is 7.73. The van der Waals surface area contributed by atoms with Gasteiger partial charge in [0, 0.05) is 28.6 Å².